The summed E-state index contributed by atoms with van der Waals surface area (Å²) in [5, 5.41) is 13.2. The fourth-order valence-electron chi connectivity index (χ4n) is 3.02. The molecule has 23 heavy (non-hydrogen) atoms. The van der Waals surface area contributed by atoms with Crippen LogP contribution in [0.5, 0.6) is 0 Å². The summed E-state index contributed by atoms with van der Waals surface area (Å²) in [5.74, 6) is 0.788. The van der Waals surface area contributed by atoms with Gasteiger partial charge in [0.15, 0.2) is 0 Å². The fraction of sp³-hybridized carbons (Fsp3) is 0.429. The molecule has 0 bridgehead atoms. The molecule has 0 amide bonds. The van der Waals surface area contributed by atoms with E-state index in [9.17, 15) is 5.11 Å². The lowest BCUT2D eigenvalue weighted by molar-refractivity contribution is 0.221. The second kappa shape index (κ2) is 8.85. The number of nitrogens with one attached hydrogen (secondary N) is 1. The average molecular weight is 311 g/mol. The maximum atomic E-state index is 9.68. The lowest BCUT2D eigenvalue weighted by atomic mass is 9.95. The second-order valence-corrected chi connectivity index (χ2v) is 6.66. The Morgan fingerprint density at radius 2 is 1.61 bits per heavy atom. The molecule has 0 aliphatic carbocycles. The number of hydrogen-bond donors (Lipinski definition) is 2. The van der Waals surface area contributed by atoms with Crippen LogP contribution in [-0.4, -0.2) is 18.3 Å². The van der Waals surface area contributed by atoms with E-state index in [0.717, 1.165) is 19.5 Å². The van der Waals surface area contributed by atoms with Crippen LogP contribution in [0.4, 0.5) is 0 Å². The molecule has 2 N–H and O–H groups in total. The minimum Gasteiger partial charge on any atom is -0.396 e. The topological polar surface area (TPSA) is 32.3 Å². The molecule has 0 saturated heterocycles. The van der Waals surface area contributed by atoms with Crippen LogP contribution in [0.3, 0.4) is 0 Å². The molecule has 0 aliphatic rings. The van der Waals surface area contributed by atoms with Crippen LogP contribution in [-0.2, 0) is 13.0 Å². The van der Waals surface area contributed by atoms with Crippen molar-refractivity contribution in [2.45, 2.75) is 39.7 Å². The molecule has 0 saturated carbocycles. The molecule has 2 rings (SSSR count). The fourth-order valence-corrected chi connectivity index (χ4v) is 3.02. The van der Waals surface area contributed by atoms with E-state index in [1.54, 1.807) is 0 Å². The highest BCUT2D eigenvalue weighted by Crippen LogP contribution is 2.19. The van der Waals surface area contributed by atoms with Crippen LogP contribution in [0, 0.1) is 12.8 Å². The Bertz CT molecular complexity index is 606. The Morgan fingerprint density at radius 1 is 0.957 bits per heavy atom. The first kappa shape index (κ1) is 17.7. The van der Waals surface area contributed by atoms with E-state index in [-0.39, 0.29) is 12.5 Å². The Kier molecular flexibility index (Phi) is 6.82. The molecule has 2 aromatic carbocycles. The summed E-state index contributed by atoms with van der Waals surface area (Å²) in [6.07, 6.45) is 0.919. The van der Waals surface area contributed by atoms with Gasteiger partial charge in [-0.1, -0.05) is 62.4 Å². The molecule has 0 heterocycles. The molecule has 2 aromatic rings. The molecule has 0 spiro atoms. The Hall–Kier alpha value is -1.64. The highest BCUT2D eigenvalue weighted by atomic mass is 16.3. The van der Waals surface area contributed by atoms with E-state index in [4.69, 9.17) is 0 Å². The maximum Gasteiger partial charge on any atom is 0.0474 e. The van der Waals surface area contributed by atoms with Crippen LogP contribution in [0.25, 0.3) is 0 Å². The first-order chi connectivity index (χ1) is 11.1. The van der Waals surface area contributed by atoms with Gasteiger partial charge in [0, 0.05) is 19.7 Å². The molecule has 2 nitrogen and oxygen atoms in total. The molecule has 1 atom stereocenters. The van der Waals surface area contributed by atoms with E-state index in [1.807, 2.05) is 0 Å². The van der Waals surface area contributed by atoms with Gasteiger partial charge in [-0.25, -0.2) is 0 Å². The Morgan fingerprint density at radius 3 is 2.26 bits per heavy atom. The van der Waals surface area contributed by atoms with Crippen LogP contribution < -0.4 is 5.32 Å². The SMILES string of the molecule is Cc1ccccc1CC(CO)CNCc1ccccc1C(C)C. The van der Waals surface area contributed by atoms with Crippen LogP contribution >= 0.6 is 0 Å². The average Bonchev–Trinajstić information content (AvgIpc) is 2.56. The minimum absolute atomic E-state index is 0.215. The van der Waals surface area contributed by atoms with Crippen LogP contribution in [0.1, 0.15) is 42.0 Å². The lowest BCUT2D eigenvalue weighted by Crippen LogP contribution is -2.27. The Labute approximate surface area is 140 Å². The Balaban J connectivity index is 1.90. The van der Waals surface area contributed by atoms with Crippen molar-refractivity contribution in [3.05, 3.63) is 70.8 Å². The normalized spacial score (nSPS) is 12.6. The third-order valence-electron chi connectivity index (χ3n) is 4.45. The van der Waals surface area contributed by atoms with Gasteiger partial charge in [-0.3, -0.25) is 0 Å². The summed E-state index contributed by atoms with van der Waals surface area (Å²) < 4.78 is 0. The maximum absolute atomic E-state index is 9.68. The highest BCUT2D eigenvalue weighted by Gasteiger charge is 2.11. The zero-order valence-corrected chi connectivity index (χ0v) is 14.5. The standard InChI is InChI=1S/C21H29NO/c1-16(2)21-11-7-6-10-20(21)14-22-13-18(15-23)12-19-9-5-4-8-17(19)3/h4-11,16,18,22-23H,12-15H2,1-3H3. The van der Waals surface area contributed by atoms with Gasteiger partial charge in [0.1, 0.15) is 0 Å². The molecular formula is C21H29NO. The van der Waals surface area contributed by atoms with Gasteiger partial charge in [0.05, 0.1) is 0 Å². The number of rotatable bonds is 8. The monoisotopic (exact) mass is 311 g/mol. The van der Waals surface area contributed by atoms with Crippen molar-refractivity contribution in [1.82, 2.24) is 5.32 Å². The molecule has 2 heteroatoms. The number of benzene rings is 2. The van der Waals surface area contributed by atoms with Crippen molar-refractivity contribution in [2.75, 3.05) is 13.2 Å². The minimum atomic E-state index is 0.215. The molecule has 1 unspecified atom stereocenters. The van der Waals surface area contributed by atoms with Crippen LogP contribution in [0.2, 0.25) is 0 Å². The molecular weight excluding hydrogens is 282 g/mol. The van der Waals surface area contributed by atoms with Crippen LogP contribution in [0.15, 0.2) is 48.5 Å². The molecule has 0 fully saturated rings. The van der Waals surface area contributed by atoms with E-state index in [2.05, 4.69) is 74.6 Å². The molecule has 0 radical (unpaired) electrons. The predicted molar refractivity (Wildman–Crippen MR) is 97.7 cm³/mol. The van der Waals surface area contributed by atoms with E-state index >= 15 is 0 Å². The zero-order chi connectivity index (χ0) is 16.7. The summed E-state index contributed by atoms with van der Waals surface area (Å²) in [5.41, 5.74) is 5.39. The van der Waals surface area contributed by atoms with Crippen molar-refractivity contribution < 1.29 is 5.11 Å². The summed E-state index contributed by atoms with van der Waals surface area (Å²) in [6.45, 7) is 8.50. The third kappa shape index (κ3) is 5.19. The van der Waals surface area contributed by atoms with Crippen molar-refractivity contribution in [1.29, 1.82) is 0 Å². The number of aliphatic hydroxyl groups is 1. The molecule has 0 aromatic heterocycles. The number of aliphatic hydroxyl groups excluding tert-OH is 1. The molecule has 124 valence electrons. The summed E-state index contributed by atoms with van der Waals surface area (Å²) in [7, 11) is 0. The summed E-state index contributed by atoms with van der Waals surface area (Å²) in [6, 6.07) is 17.0. The number of aryl methyl sites for hydroxylation is 1. The van der Waals surface area contributed by atoms with Gasteiger partial charge in [-0.15, -0.1) is 0 Å². The first-order valence-corrected chi connectivity index (χ1v) is 8.55. The van der Waals surface area contributed by atoms with Gasteiger partial charge in [0.2, 0.25) is 0 Å². The van der Waals surface area contributed by atoms with Crippen molar-refractivity contribution in [3.8, 4) is 0 Å². The first-order valence-electron chi connectivity index (χ1n) is 8.55. The van der Waals surface area contributed by atoms with Gasteiger partial charge < -0.3 is 10.4 Å². The quantitative estimate of drug-likeness (QED) is 0.770. The van der Waals surface area contributed by atoms with Gasteiger partial charge in [-0.05, 0) is 47.4 Å². The van der Waals surface area contributed by atoms with Gasteiger partial charge in [-0.2, -0.15) is 0 Å². The second-order valence-electron chi connectivity index (χ2n) is 6.66. The van der Waals surface area contributed by atoms with Gasteiger partial charge >= 0.3 is 0 Å². The van der Waals surface area contributed by atoms with E-state index < -0.39 is 0 Å². The lowest BCUT2D eigenvalue weighted by Gasteiger charge is -2.18. The predicted octanol–water partition coefficient (Wildman–Crippen LogP) is 4.06. The summed E-state index contributed by atoms with van der Waals surface area (Å²) >= 11 is 0. The third-order valence-corrected chi connectivity index (χ3v) is 4.45. The highest BCUT2D eigenvalue weighted by molar-refractivity contribution is 5.29. The summed E-state index contributed by atoms with van der Waals surface area (Å²) in [4.78, 5) is 0. The van der Waals surface area contributed by atoms with Crippen molar-refractivity contribution in [3.63, 3.8) is 0 Å². The van der Waals surface area contributed by atoms with E-state index in [0.29, 0.717) is 5.92 Å². The van der Waals surface area contributed by atoms with E-state index in [1.165, 1.54) is 22.3 Å². The molecule has 0 aliphatic heterocycles. The smallest absolute Gasteiger partial charge is 0.0474 e. The zero-order valence-electron chi connectivity index (χ0n) is 14.5. The largest absolute Gasteiger partial charge is 0.396 e. The van der Waals surface area contributed by atoms with Gasteiger partial charge in [0.25, 0.3) is 0 Å². The number of hydrogen-bond acceptors (Lipinski definition) is 2. The van der Waals surface area contributed by atoms with Crippen molar-refractivity contribution in [2.24, 2.45) is 5.92 Å². The van der Waals surface area contributed by atoms with Crippen molar-refractivity contribution >= 4 is 0 Å².